The summed E-state index contributed by atoms with van der Waals surface area (Å²) >= 11 is 7.75. The van der Waals surface area contributed by atoms with Crippen molar-refractivity contribution in [2.75, 3.05) is 38.2 Å². The number of halogens is 1. The van der Waals surface area contributed by atoms with Gasteiger partial charge in [0.2, 0.25) is 0 Å². The summed E-state index contributed by atoms with van der Waals surface area (Å²) in [6.07, 6.45) is 3.01. The molecule has 0 aliphatic heterocycles. The molecule has 25 heavy (non-hydrogen) atoms. The highest BCUT2D eigenvalue weighted by molar-refractivity contribution is 7.98. The molecule has 0 spiro atoms. The van der Waals surface area contributed by atoms with Gasteiger partial charge in [0.05, 0.1) is 20.8 Å². The summed E-state index contributed by atoms with van der Waals surface area (Å²) in [6.45, 7) is 1.11. The molecule has 0 radical (unpaired) electrons. The first-order valence-electron chi connectivity index (χ1n) is 7.77. The molecule has 2 rings (SSSR count). The highest BCUT2D eigenvalue weighted by atomic mass is 35.5. The van der Waals surface area contributed by atoms with E-state index in [2.05, 4.69) is 21.8 Å². The average molecular weight is 384 g/mol. The van der Waals surface area contributed by atoms with E-state index in [0.29, 0.717) is 29.9 Å². The van der Waals surface area contributed by atoms with E-state index < -0.39 is 0 Å². The van der Waals surface area contributed by atoms with Crippen LogP contribution in [0.1, 0.15) is 12.0 Å². The Hall–Kier alpha value is -1.86. The van der Waals surface area contributed by atoms with Gasteiger partial charge in [-0.1, -0.05) is 11.6 Å². The molecule has 1 aromatic heterocycles. The summed E-state index contributed by atoms with van der Waals surface area (Å²) in [5.41, 5.74) is 1.67. The summed E-state index contributed by atoms with van der Waals surface area (Å²) in [4.78, 5) is 0. The Labute approximate surface area is 157 Å². The Kier molecular flexibility index (Phi) is 7.94. The van der Waals surface area contributed by atoms with E-state index in [1.807, 2.05) is 18.2 Å². The highest BCUT2D eigenvalue weighted by Gasteiger charge is 2.10. The number of benzene rings is 1. The zero-order valence-corrected chi connectivity index (χ0v) is 16.1. The maximum absolute atomic E-state index is 5.97. The van der Waals surface area contributed by atoms with Gasteiger partial charge < -0.3 is 19.5 Å². The van der Waals surface area contributed by atoms with Crippen molar-refractivity contribution in [1.29, 1.82) is 0 Å². The van der Waals surface area contributed by atoms with Crippen molar-refractivity contribution in [3.63, 3.8) is 0 Å². The van der Waals surface area contributed by atoms with Gasteiger partial charge in [-0.3, -0.25) is 0 Å². The second-order valence-corrected chi connectivity index (χ2v) is 6.48. The van der Waals surface area contributed by atoms with Crippen LogP contribution in [0.25, 0.3) is 0 Å². The molecule has 0 saturated carbocycles. The van der Waals surface area contributed by atoms with Gasteiger partial charge in [0.1, 0.15) is 17.2 Å². The molecular weight excluding hydrogens is 362 g/mol. The van der Waals surface area contributed by atoms with E-state index in [9.17, 15) is 0 Å². The minimum absolute atomic E-state index is 0.306. The minimum atomic E-state index is 0.306. The topological polar surface area (TPSA) is 65.5 Å². The number of nitrogens with one attached hydrogen (secondary N) is 1. The van der Waals surface area contributed by atoms with Gasteiger partial charge in [-0.15, -0.1) is 10.2 Å². The molecule has 136 valence electrons. The average Bonchev–Trinajstić information content (AvgIpc) is 2.64. The third kappa shape index (κ3) is 5.86. The van der Waals surface area contributed by atoms with Crippen molar-refractivity contribution in [3.8, 4) is 17.4 Å². The number of nitrogens with zero attached hydrogens (tertiary/aromatic N) is 2. The quantitative estimate of drug-likeness (QED) is 0.624. The lowest BCUT2D eigenvalue weighted by molar-refractivity contribution is 0.304. The van der Waals surface area contributed by atoms with Crippen molar-refractivity contribution >= 4 is 29.1 Å². The van der Waals surface area contributed by atoms with Crippen LogP contribution >= 0.6 is 23.4 Å². The molecule has 8 heteroatoms. The molecule has 0 aliphatic carbocycles. The molecule has 0 fully saturated rings. The van der Waals surface area contributed by atoms with Gasteiger partial charge in [0.25, 0.3) is 5.88 Å². The summed E-state index contributed by atoms with van der Waals surface area (Å²) in [5.74, 6) is 2.96. The molecule has 0 saturated heterocycles. The monoisotopic (exact) mass is 383 g/mol. The smallest absolute Gasteiger partial charge is 0.257 e. The van der Waals surface area contributed by atoms with Crippen LogP contribution in [0.3, 0.4) is 0 Å². The summed E-state index contributed by atoms with van der Waals surface area (Å²) in [6, 6.07) is 7.38. The van der Waals surface area contributed by atoms with Gasteiger partial charge in [0.15, 0.2) is 5.15 Å². The zero-order valence-electron chi connectivity index (χ0n) is 14.5. The van der Waals surface area contributed by atoms with Crippen LogP contribution < -0.4 is 19.5 Å². The van der Waals surface area contributed by atoms with Crippen LogP contribution in [-0.4, -0.2) is 43.0 Å². The predicted octanol–water partition coefficient (Wildman–Crippen LogP) is 3.89. The Morgan fingerprint density at radius 2 is 2.00 bits per heavy atom. The molecule has 0 atom stereocenters. The number of anilines is 1. The molecule has 1 aromatic carbocycles. The standard InChI is InChI=1S/C17H22ClN3O3S/c1-22-13-6-5-12(15(9-13)23-2)11-19-14-10-16(18)20-21-17(14)24-7-4-8-25-3/h5-6,9-10H,4,7-8,11H2,1-3H3,(H,19,20). The van der Waals surface area contributed by atoms with Crippen LogP contribution in [-0.2, 0) is 6.54 Å². The highest BCUT2D eigenvalue weighted by Crippen LogP contribution is 2.28. The molecular formula is C17H22ClN3O3S. The van der Waals surface area contributed by atoms with Crippen LogP contribution in [0.2, 0.25) is 5.15 Å². The normalized spacial score (nSPS) is 10.4. The van der Waals surface area contributed by atoms with Crippen LogP contribution in [0.15, 0.2) is 24.3 Å². The third-order valence-corrected chi connectivity index (χ3v) is 4.31. The van der Waals surface area contributed by atoms with Gasteiger partial charge in [-0.25, -0.2) is 0 Å². The van der Waals surface area contributed by atoms with Gasteiger partial charge in [-0.2, -0.15) is 11.8 Å². The molecule has 0 unspecified atom stereocenters. The van der Waals surface area contributed by atoms with Crippen molar-refractivity contribution in [2.24, 2.45) is 0 Å². The Bertz CT molecular complexity index is 688. The van der Waals surface area contributed by atoms with Gasteiger partial charge in [-0.05, 0) is 30.6 Å². The van der Waals surface area contributed by atoms with E-state index in [1.54, 1.807) is 32.0 Å². The minimum Gasteiger partial charge on any atom is -0.497 e. The lowest BCUT2D eigenvalue weighted by atomic mass is 10.2. The van der Waals surface area contributed by atoms with Gasteiger partial charge in [0, 0.05) is 24.2 Å². The fourth-order valence-corrected chi connectivity index (χ4v) is 2.70. The van der Waals surface area contributed by atoms with Crippen molar-refractivity contribution in [1.82, 2.24) is 10.2 Å². The van der Waals surface area contributed by atoms with E-state index in [4.69, 9.17) is 25.8 Å². The fraction of sp³-hybridized carbons (Fsp3) is 0.412. The van der Waals surface area contributed by atoms with E-state index >= 15 is 0 Å². The summed E-state index contributed by atoms with van der Waals surface area (Å²) in [5, 5.41) is 11.5. The maximum atomic E-state index is 5.97. The lowest BCUT2D eigenvalue weighted by Crippen LogP contribution is -2.08. The SMILES string of the molecule is COc1ccc(CNc2cc(Cl)nnc2OCCCSC)c(OC)c1. The fourth-order valence-electron chi connectivity index (χ4n) is 2.15. The number of hydrogen-bond acceptors (Lipinski definition) is 7. The van der Waals surface area contributed by atoms with E-state index in [-0.39, 0.29) is 0 Å². The molecule has 1 heterocycles. The van der Waals surface area contributed by atoms with E-state index in [0.717, 1.165) is 29.2 Å². The largest absolute Gasteiger partial charge is 0.497 e. The second-order valence-electron chi connectivity index (χ2n) is 5.11. The zero-order chi connectivity index (χ0) is 18.1. The summed E-state index contributed by atoms with van der Waals surface area (Å²) in [7, 11) is 3.25. The van der Waals surface area contributed by atoms with Gasteiger partial charge >= 0.3 is 0 Å². The Morgan fingerprint density at radius 1 is 1.16 bits per heavy atom. The second kappa shape index (κ2) is 10.2. The van der Waals surface area contributed by atoms with Crippen molar-refractivity contribution in [2.45, 2.75) is 13.0 Å². The van der Waals surface area contributed by atoms with Crippen molar-refractivity contribution < 1.29 is 14.2 Å². The molecule has 1 N–H and O–H groups in total. The molecule has 2 aromatic rings. The number of methoxy groups -OCH3 is 2. The first-order valence-corrected chi connectivity index (χ1v) is 9.54. The maximum Gasteiger partial charge on any atom is 0.257 e. The van der Waals surface area contributed by atoms with E-state index in [1.165, 1.54) is 0 Å². The Morgan fingerprint density at radius 3 is 2.72 bits per heavy atom. The first-order chi connectivity index (χ1) is 12.2. The molecule has 0 amide bonds. The number of hydrogen-bond donors (Lipinski definition) is 1. The first kappa shape index (κ1) is 19.5. The van der Waals surface area contributed by atoms with Crippen LogP contribution in [0.4, 0.5) is 5.69 Å². The Balaban J connectivity index is 2.07. The van der Waals surface area contributed by atoms with Crippen LogP contribution in [0, 0.1) is 0 Å². The number of aromatic nitrogens is 2. The number of rotatable bonds is 10. The van der Waals surface area contributed by atoms with Crippen LogP contribution in [0.5, 0.6) is 17.4 Å². The molecule has 0 aliphatic rings. The third-order valence-electron chi connectivity index (χ3n) is 3.43. The number of ether oxygens (including phenoxy) is 3. The summed E-state index contributed by atoms with van der Waals surface area (Å²) < 4.78 is 16.3. The molecule has 0 bridgehead atoms. The number of thioether (sulfide) groups is 1. The van der Waals surface area contributed by atoms with Crippen molar-refractivity contribution in [3.05, 3.63) is 35.0 Å². The predicted molar refractivity (Wildman–Crippen MR) is 102 cm³/mol. The molecule has 6 nitrogen and oxygen atoms in total. The lowest BCUT2D eigenvalue weighted by Gasteiger charge is -2.14.